The van der Waals surface area contributed by atoms with Crippen molar-refractivity contribution >= 4 is 12.0 Å². The van der Waals surface area contributed by atoms with Crippen LogP contribution in [0.4, 0.5) is 9.18 Å². The van der Waals surface area contributed by atoms with Crippen LogP contribution < -0.4 is 5.32 Å². The molecule has 5 nitrogen and oxygen atoms in total. The molecule has 0 radical (unpaired) electrons. The van der Waals surface area contributed by atoms with Crippen molar-refractivity contribution in [1.29, 1.82) is 0 Å². The molecule has 0 saturated carbocycles. The molecule has 0 spiro atoms. The minimum Gasteiger partial charge on any atom is -0.465 e. The standard InChI is InChI=1S/C16H21FN2O3/c17-13-10-14(19(11-13)16(21)22)15(20)18-9-5-4-8-12-6-2-1-3-7-12/h1-3,6-7,13-14H,4-5,8-11H2,(H,18,20)(H,21,22)/t13-,14+/m1/s1. The van der Waals surface area contributed by atoms with Gasteiger partial charge in [-0.05, 0) is 24.8 Å². The van der Waals surface area contributed by atoms with Crippen molar-refractivity contribution in [2.75, 3.05) is 13.1 Å². The first-order valence-corrected chi connectivity index (χ1v) is 7.53. The Balaban J connectivity index is 1.68. The molecule has 2 atom stereocenters. The molecule has 22 heavy (non-hydrogen) atoms. The first kappa shape index (κ1) is 16.3. The lowest BCUT2D eigenvalue weighted by Gasteiger charge is -2.20. The number of hydrogen-bond donors (Lipinski definition) is 2. The van der Waals surface area contributed by atoms with E-state index in [1.807, 2.05) is 18.2 Å². The molecule has 1 aromatic carbocycles. The Bertz CT molecular complexity index is 509. The highest BCUT2D eigenvalue weighted by atomic mass is 19.1. The van der Waals surface area contributed by atoms with Crippen LogP contribution in [0.1, 0.15) is 24.8 Å². The maximum atomic E-state index is 13.3. The number of carboxylic acid groups (broad SMARTS) is 1. The zero-order valence-electron chi connectivity index (χ0n) is 12.4. The number of rotatable bonds is 6. The number of alkyl halides is 1. The number of amides is 2. The molecular weight excluding hydrogens is 287 g/mol. The van der Waals surface area contributed by atoms with Crippen molar-refractivity contribution in [3.63, 3.8) is 0 Å². The number of hydrogen-bond acceptors (Lipinski definition) is 2. The molecule has 1 saturated heterocycles. The lowest BCUT2D eigenvalue weighted by atomic mass is 10.1. The fraction of sp³-hybridized carbons (Fsp3) is 0.500. The van der Waals surface area contributed by atoms with E-state index in [9.17, 15) is 14.0 Å². The molecule has 1 heterocycles. The summed E-state index contributed by atoms with van der Waals surface area (Å²) in [6, 6.07) is 9.17. The zero-order chi connectivity index (χ0) is 15.9. The van der Waals surface area contributed by atoms with Gasteiger partial charge in [0.15, 0.2) is 0 Å². The zero-order valence-corrected chi connectivity index (χ0v) is 12.4. The molecule has 1 fully saturated rings. The molecule has 0 bridgehead atoms. The van der Waals surface area contributed by atoms with Crippen molar-refractivity contribution in [2.24, 2.45) is 0 Å². The Morgan fingerprint density at radius 3 is 2.68 bits per heavy atom. The number of unbranched alkanes of at least 4 members (excludes halogenated alkanes) is 1. The molecule has 0 aromatic heterocycles. The number of aryl methyl sites for hydroxylation is 1. The molecule has 1 aromatic rings. The number of carbonyl (C=O) groups is 2. The molecule has 2 amide bonds. The highest BCUT2D eigenvalue weighted by molar-refractivity contribution is 5.85. The Labute approximate surface area is 129 Å². The van der Waals surface area contributed by atoms with Gasteiger partial charge in [0, 0.05) is 13.0 Å². The second-order valence-corrected chi connectivity index (χ2v) is 5.52. The highest BCUT2D eigenvalue weighted by Crippen LogP contribution is 2.20. The number of benzene rings is 1. The predicted molar refractivity (Wildman–Crippen MR) is 80.4 cm³/mol. The van der Waals surface area contributed by atoms with Gasteiger partial charge in [-0.2, -0.15) is 0 Å². The van der Waals surface area contributed by atoms with Crippen LogP contribution in [0.5, 0.6) is 0 Å². The van der Waals surface area contributed by atoms with E-state index < -0.39 is 24.2 Å². The van der Waals surface area contributed by atoms with E-state index in [2.05, 4.69) is 17.4 Å². The van der Waals surface area contributed by atoms with Crippen molar-refractivity contribution in [3.8, 4) is 0 Å². The summed E-state index contributed by atoms with van der Waals surface area (Å²) in [6.45, 7) is 0.258. The average Bonchev–Trinajstić information content (AvgIpc) is 2.90. The fourth-order valence-corrected chi connectivity index (χ4v) is 2.67. The van der Waals surface area contributed by atoms with Gasteiger partial charge in [-0.3, -0.25) is 9.69 Å². The van der Waals surface area contributed by atoms with Gasteiger partial charge >= 0.3 is 6.09 Å². The minimum absolute atomic E-state index is 0.0534. The third kappa shape index (κ3) is 4.44. The van der Waals surface area contributed by atoms with E-state index >= 15 is 0 Å². The number of carbonyl (C=O) groups excluding carboxylic acids is 1. The summed E-state index contributed by atoms with van der Waals surface area (Å²) in [7, 11) is 0. The van der Waals surface area contributed by atoms with E-state index in [1.165, 1.54) is 5.56 Å². The summed E-state index contributed by atoms with van der Waals surface area (Å²) >= 11 is 0. The second kappa shape index (κ2) is 7.77. The SMILES string of the molecule is O=C(NCCCCc1ccccc1)[C@@H]1C[C@@H](F)CN1C(=O)O. The largest absolute Gasteiger partial charge is 0.465 e. The van der Waals surface area contributed by atoms with Gasteiger partial charge in [0.25, 0.3) is 0 Å². The number of likely N-dealkylation sites (tertiary alicyclic amines) is 1. The lowest BCUT2D eigenvalue weighted by molar-refractivity contribution is -0.125. The molecule has 1 aliphatic rings. The summed E-state index contributed by atoms with van der Waals surface area (Å²) in [6.07, 6.45) is 0.119. The van der Waals surface area contributed by atoms with Gasteiger partial charge in [0.05, 0.1) is 6.54 Å². The van der Waals surface area contributed by atoms with E-state index in [0.717, 1.165) is 24.2 Å². The fourth-order valence-electron chi connectivity index (χ4n) is 2.67. The van der Waals surface area contributed by atoms with Crippen LogP contribution in [-0.2, 0) is 11.2 Å². The number of nitrogens with zero attached hydrogens (tertiary/aromatic N) is 1. The molecule has 1 aliphatic heterocycles. The van der Waals surface area contributed by atoms with Crippen LogP contribution >= 0.6 is 0 Å². The van der Waals surface area contributed by atoms with E-state index in [4.69, 9.17) is 5.11 Å². The number of nitrogens with one attached hydrogen (secondary N) is 1. The van der Waals surface area contributed by atoms with Gasteiger partial charge in [-0.25, -0.2) is 9.18 Å². The van der Waals surface area contributed by atoms with Gasteiger partial charge in [-0.15, -0.1) is 0 Å². The quantitative estimate of drug-likeness (QED) is 0.792. The molecule has 6 heteroatoms. The topological polar surface area (TPSA) is 69.6 Å². The first-order chi connectivity index (χ1) is 10.6. The Morgan fingerprint density at radius 2 is 2.00 bits per heavy atom. The van der Waals surface area contributed by atoms with Crippen LogP contribution in [0.3, 0.4) is 0 Å². The van der Waals surface area contributed by atoms with Gasteiger partial charge in [-0.1, -0.05) is 30.3 Å². The summed E-state index contributed by atoms with van der Waals surface area (Å²) < 4.78 is 13.3. The second-order valence-electron chi connectivity index (χ2n) is 5.52. The van der Waals surface area contributed by atoms with Crippen molar-refractivity contribution in [3.05, 3.63) is 35.9 Å². The van der Waals surface area contributed by atoms with Crippen molar-refractivity contribution < 1.29 is 19.1 Å². The van der Waals surface area contributed by atoms with Gasteiger partial charge in [0.1, 0.15) is 12.2 Å². The monoisotopic (exact) mass is 308 g/mol. The van der Waals surface area contributed by atoms with Gasteiger partial charge < -0.3 is 10.4 Å². The molecule has 0 unspecified atom stereocenters. The van der Waals surface area contributed by atoms with Gasteiger partial charge in [0.2, 0.25) is 5.91 Å². The van der Waals surface area contributed by atoms with Crippen LogP contribution in [0, 0.1) is 0 Å². The highest BCUT2D eigenvalue weighted by Gasteiger charge is 2.39. The van der Waals surface area contributed by atoms with Crippen molar-refractivity contribution in [2.45, 2.75) is 37.9 Å². The normalized spacial score (nSPS) is 20.9. The molecule has 2 N–H and O–H groups in total. The summed E-state index contributed by atoms with van der Waals surface area (Å²) in [4.78, 5) is 23.8. The van der Waals surface area contributed by atoms with Crippen molar-refractivity contribution in [1.82, 2.24) is 10.2 Å². The van der Waals surface area contributed by atoms with E-state index in [1.54, 1.807) is 0 Å². The van der Waals surface area contributed by atoms with Crippen LogP contribution in [-0.4, -0.2) is 47.3 Å². The number of halogens is 1. The summed E-state index contributed by atoms with van der Waals surface area (Å²) in [5.41, 5.74) is 1.25. The van der Waals surface area contributed by atoms with Crippen LogP contribution in [0.25, 0.3) is 0 Å². The molecule has 120 valence electrons. The third-order valence-corrected chi connectivity index (χ3v) is 3.83. The Hall–Kier alpha value is -2.11. The van der Waals surface area contributed by atoms with Crippen LogP contribution in [0.2, 0.25) is 0 Å². The summed E-state index contributed by atoms with van der Waals surface area (Å²) in [5.74, 6) is -0.401. The molecule has 2 rings (SSSR count). The molecular formula is C16H21FN2O3. The Morgan fingerprint density at radius 1 is 1.27 bits per heavy atom. The minimum atomic E-state index is -1.26. The third-order valence-electron chi connectivity index (χ3n) is 3.83. The summed E-state index contributed by atoms with van der Waals surface area (Å²) in [5, 5.41) is 11.7. The lowest BCUT2D eigenvalue weighted by Crippen LogP contribution is -2.45. The predicted octanol–water partition coefficient (Wildman–Crippen LogP) is 2.22. The Kier molecular flexibility index (Phi) is 5.75. The van der Waals surface area contributed by atoms with E-state index in [0.29, 0.717) is 6.54 Å². The van der Waals surface area contributed by atoms with E-state index in [-0.39, 0.29) is 13.0 Å². The average molecular weight is 308 g/mol. The van der Waals surface area contributed by atoms with Crippen LogP contribution in [0.15, 0.2) is 30.3 Å². The maximum Gasteiger partial charge on any atom is 0.408 e. The maximum absolute atomic E-state index is 13.3. The first-order valence-electron chi connectivity index (χ1n) is 7.53. The molecule has 0 aliphatic carbocycles. The smallest absolute Gasteiger partial charge is 0.408 e.